The molecular weight excluding hydrogens is 218 g/mol. The number of hydrogen-bond acceptors (Lipinski definition) is 3. The molecule has 1 aromatic rings. The number of carboxylic acids is 1. The topological polar surface area (TPSA) is 49.8 Å². The first kappa shape index (κ1) is 11.8. The number of anilines is 1. The fourth-order valence-corrected chi connectivity index (χ4v) is 2.00. The van der Waals surface area contributed by atoms with Crippen LogP contribution in [-0.4, -0.2) is 30.8 Å². The monoisotopic (exact) mass is 235 g/mol. The molecule has 1 saturated heterocycles. The van der Waals surface area contributed by atoms with Gasteiger partial charge in [-0.05, 0) is 24.5 Å². The zero-order valence-electron chi connectivity index (χ0n) is 9.93. The van der Waals surface area contributed by atoms with Crippen molar-refractivity contribution in [2.75, 3.05) is 24.6 Å². The minimum Gasteiger partial charge on any atom is -0.480 e. The maximum absolute atomic E-state index is 10.5. The number of para-hydroxylation sites is 2. The third-order valence-corrected chi connectivity index (χ3v) is 3.09. The second-order valence-electron chi connectivity index (χ2n) is 4.33. The van der Waals surface area contributed by atoms with Crippen molar-refractivity contribution in [2.45, 2.75) is 13.3 Å². The van der Waals surface area contributed by atoms with Crippen LogP contribution in [0, 0.1) is 5.92 Å². The number of hydrogen-bond donors (Lipinski definition) is 1. The lowest BCUT2D eigenvalue weighted by Gasteiger charge is -2.41. The van der Waals surface area contributed by atoms with E-state index in [1.807, 2.05) is 24.3 Å². The number of rotatable bonds is 5. The van der Waals surface area contributed by atoms with E-state index in [0.29, 0.717) is 5.75 Å². The van der Waals surface area contributed by atoms with Crippen molar-refractivity contribution >= 4 is 11.7 Å². The predicted molar refractivity (Wildman–Crippen MR) is 65.6 cm³/mol. The van der Waals surface area contributed by atoms with E-state index in [-0.39, 0.29) is 6.61 Å². The molecule has 0 atom stereocenters. The molecule has 0 spiro atoms. The Bertz CT molecular complexity index is 399. The first-order valence-corrected chi connectivity index (χ1v) is 5.89. The summed E-state index contributed by atoms with van der Waals surface area (Å²) in [6.07, 6.45) is 1.19. The fraction of sp³-hybridized carbons (Fsp3) is 0.462. The van der Waals surface area contributed by atoms with Gasteiger partial charge in [0.15, 0.2) is 6.61 Å². The van der Waals surface area contributed by atoms with E-state index in [1.54, 1.807) is 0 Å². The van der Waals surface area contributed by atoms with Crippen LogP contribution in [0.2, 0.25) is 0 Å². The summed E-state index contributed by atoms with van der Waals surface area (Å²) in [6, 6.07) is 7.60. The van der Waals surface area contributed by atoms with Crippen LogP contribution in [-0.2, 0) is 4.79 Å². The number of nitrogens with zero attached hydrogens (tertiary/aromatic N) is 1. The Kier molecular flexibility index (Phi) is 3.52. The Morgan fingerprint density at radius 3 is 2.82 bits per heavy atom. The Balaban J connectivity index is 2.03. The summed E-state index contributed by atoms with van der Waals surface area (Å²) in [4.78, 5) is 12.7. The molecule has 1 aliphatic heterocycles. The number of benzene rings is 1. The third-order valence-electron chi connectivity index (χ3n) is 3.09. The molecule has 0 unspecified atom stereocenters. The molecule has 0 saturated carbocycles. The van der Waals surface area contributed by atoms with Crippen LogP contribution in [0.3, 0.4) is 0 Å². The van der Waals surface area contributed by atoms with Gasteiger partial charge in [0.1, 0.15) is 5.75 Å². The van der Waals surface area contributed by atoms with E-state index in [1.165, 1.54) is 6.42 Å². The zero-order valence-corrected chi connectivity index (χ0v) is 9.93. The van der Waals surface area contributed by atoms with Gasteiger partial charge in [0.2, 0.25) is 0 Å². The highest BCUT2D eigenvalue weighted by Crippen LogP contribution is 2.33. The normalized spacial score (nSPS) is 15.5. The maximum atomic E-state index is 10.5. The lowest BCUT2D eigenvalue weighted by Crippen LogP contribution is -2.46. The van der Waals surface area contributed by atoms with Gasteiger partial charge in [-0.25, -0.2) is 4.79 Å². The van der Waals surface area contributed by atoms with Gasteiger partial charge in [0, 0.05) is 13.1 Å². The van der Waals surface area contributed by atoms with Gasteiger partial charge in [-0.3, -0.25) is 0 Å². The molecular formula is C13H17NO3. The number of aliphatic carboxylic acids is 1. The molecule has 0 bridgehead atoms. The molecule has 1 aromatic carbocycles. The molecule has 0 aliphatic carbocycles. The number of ether oxygens (including phenoxy) is 1. The van der Waals surface area contributed by atoms with Crippen LogP contribution in [0.15, 0.2) is 24.3 Å². The first-order chi connectivity index (χ1) is 8.20. The lowest BCUT2D eigenvalue weighted by atomic mass is 9.96. The van der Waals surface area contributed by atoms with Crippen molar-refractivity contribution in [3.8, 4) is 5.75 Å². The largest absolute Gasteiger partial charge is 0.480 e. The molecule has 2 rings (SSSR count). The van der Waals surface area contributed by atoms with E-state index in [4.69, 9.17) is 9.84 Å². The average Bonchev–Trinajstić information content (AvgIpc) is 2.26. The van der Waals surface area contributed by atoms with Crippen LogP contribution in [0.1, 0.15) is 13.3 Å². The molecule has 1 N–H and O–H groups in total. The molecule has 1 fully saturated rings. The minimum atomic E-state index is -0.949. The van der Waals surface area contributed by atoms with Crippen LogP contribution in [0.4, 0.5) is 5.69 Å². The molecule has 4 nitrogen and oxygen atoms in total. The molecule has 0 aromatic heterocycles. The highest BCUT2D eigenvalue weighted by molar-refractivity contribution is 5.69. The second-order valence-corrected chi connectivity index (χ2v) is 4.33. The Morgan fingerprint density at radius 2 is 2.18 bits per heavy atom. The fourth-order valence-electron chi connectivity index (χ4n) is 2.00. The van der Waals surface area contributed by atoms with Crippen molar-refractivity contribution in [2.24, 2.45) is 5.92 Å². The summed E-state index contributed by atoms with van der Waals surface area (Å²) in [5.74, 6) is 0.460. The number of carboxylic acid groups (broad SMARTS) is 1. The van der Waals surface area contributed by atoms with Crippen LogP contribution in [0.25, 0.3) is 0 Å². The molecule has 17 heavy (non-hydrogen) atoms. The second kappa shape index (κ2) is 5.08. The Hall–Kier alpha value is -1.71. The standard InChI is InChI=1S/C13H17NO3/c1-2-10-7-14(8-10)11-5-3-4-6-12(11)17-9-13(15)16/h3-6,10H,2,7-9H2,1H3,(H,15,16). The van der Waals surface area contributed by atoms with Gasteiger partial charge in [-0.15, -0.1) is 0 Å². The van der Waals surface area contributed by atoms with Gasteiger partial charge in [-0.1, -0.05) is 19.1 Å². The van der Waals surface area contributed by atoms with E-state index in [2.05, 4.69) is 11.8 Å². The summed E-state index contributed by atoms with van der Waals surface area (Å²) in [5.41, 5.74) is 0.999. The molecule has 1 aliphatic rings. The van der Waals surface area contributed by atoms with Crippen molar-refractivity contribution in [3.05, 3.63) is 24.3 Å². The SMILES string of the molecule is CCC1CN(c2ccccc2OCC(=O)O)C1. The van der Waals surface area contributed by atoms with Gasteiger partial charge in [0.05, 0.1) is 5.69 Å². The molecule has 1 heterocycles. The Labute approximate surface area is 101 Å². The molecule has 0 radical (unpaired) electrons. The smallest absolute Gasteiger partial charge is 0.341 e. The average molecular weight is 235 g/mol. The van der Waals surface area contributed by atoms with Gasteiger partial charge in [0.25, 0.3) is 0 Å². The summed E-state index contributed by atoms with van der Waals surface area (Å²) < 4.78 is 5.28. The van der Waals surface area contributed by atoms with Crippen LogP contribution >= 0.6 is 0 Å². The highest BCUT2D eigenvalue weighted by Gasteiger charge is 2.27. The van der Waals surface area contributed by atoms with Crippen molar-refractivity contribution < 1.29 is 14.6 Å². The van der Waals surface area contributed by atoms with E-state index < -0.39 is 5.97 Å². The summed E-state index contributed by atoms with van der Waals surface area (Å²) in [7, 11) is 0. The van der Waals surface area contributed by atoms with E-state index in [9.17, 15) is 4.79 Å². The van der Waals surface area contributed by atoms with Crippen LogP contribution < -0.4 is 9.64 Å². The van der Waals surface area contributed by atoms with E-state index >= 15 is 0 Å². The molecule has 4 heteroatoms. The molecule has 92 valence electrons. The summed E-state index contributed by atoms with van der Waals surface area (Å²) in [5, 5.41) is 8.62. The summed E-state index contributed by atoms with van der Waals surface area (Å²) >= 11 is 0. The zero-order chi connectivity index (χ0) is 12.3. The lowest BCUT2D eigenvalue weighted by molar-refractivity contribution is -0.139. The van der Waals surface area contributed by atoms with Crippen molar-refractivity contribution in [3.63, 3.8) is 0 Å². The highest BCUT2D eigenvalue weighted by atomic mass is 16.5. The van der Waals surface area contributed by atoms with Gasteiger partial charge in [-0.2, -0.15) is 0 Å². The van der Waals surface area contributed by atoms with Crippen molar-refractivity contribution in [1.29, 1.82) is 0 Å². The molecule has 0 amide bonds. The van der Waals surface area contributed by atoms with Crippen molar-refractivity contribution in [1.82, 2.24) is 0 Å². The predicted octanol–water partition coefficient (Wildman–Crippen LogP) is 2.00. The van der Waals surface area contributed by atoms with Gasteiger partial charge >= 0.3 is 5.97 Å². The quantitative estimate of drug-likeness (QED) is 0.848. The number of carbonyl (C=O) groups is 1. The summed E-state index contributed by atoms with van der Waals surface area (Å²) in [6.45, 7) is 3.96. The third kappa shape index (κ3) is 2.70. The van der Waals surface area contributed by atoms with Crippen LogP contribution in [0.5, 0.6) is 5.75 Å². The Morgan fingerprint density at radius 1 is 1.47 bits per heavy atom. The first-order valence-electron chi connectivity index (χ1n) is 5.89. The van der Waals surface area contributed by atoms with Gasteiger partial charge < -0.3 is 14.7 Å². The maximum Gasteiger partial charge on any atom is 0.341 e. The minimum absolute atomic E-state index is 0.290. The van der Waals surface area contributed by atoms with E-state index in [0.717, 1.165) is 24.7 Å².